The zero-order valence-corrected chi connectivity index (χ0v) is 15.3. The van der Waals surface area contributed by atoms with Crippen molar-refractivity contribution in [2.45, 2.75) is 32.2 Å². The maximum atomic E-state index is 12.9. The lowest BCUT2D eigenvalue weighted by atomic mass is 10.1. The molecule has 1 heterocycles. The summed E-state index contributed by atoms with van der Waals surface area (Å²) < 4.78 is 23.6. The molecule has 0 aliphatic carbocycles. The van der Waals surface area contributed by atoms with Gasteiger partial charge in [0.25, 0.3) is 0 Å². The summed E-state index contributed by atoms with van der Waals surface area (Å²) in [5.41, 5.74) is 0.755. The average molecular weight is 360 g/mol. The number of urea groups is 1. The van der Waals surface area contributed by atoms with Gasteiger partial charge in [0.2, 0.25) is 0 Å². The van der Waals surface area contributed by atoms with E-state index in [0.717, 1.165) is 29.3 Å². The number of nitrogens with one attached hydrogen (secondary N) is 1. The summed E-state index contributed by atoms with van der Waals surface area (Å²) in [4.78, 5) is 14.6. The SMILES string of the molecule is CCCCN(C(=O)Nc1cccc2ccccc12)[C@@H]1CCS(=O)(=O)C1. The Labute approximate surface area is 148 Å². The molecule has 0 bridgehead atoms. The number of carbonyl (C=O) groups excluding carboxylic acids is 1. The Hall–Kier alpha value is -2.08. The second-order valence-electron chi connectivity index (χ2n) is 6.56. The second-order valence-corrected chi connectivity index (χ2v) is 8.79. The van der Waals surface area contributed by atoms with Crippen LogP contribution >= 0.6 is 0 Å². The Morgan fingerprint density at radius 1 is 1.20 bits per heavy atom. The number of sulfone groups is 1. The predicted octanol–water partition coefficient (Wildman–Crippen LogP) is 3.66. The lowest BCUT2D eigenvalue weighted by Gasteiger charge is -2.28. The third kappa shape index (κ3) is 4.12. The van der Waals surface area contributed by atoms with Crippen LogP contribution in [-0.4, -0.2) is 43.4 Å². The largest absolute Gasteiger partial charge is 0.322 e. The van der Waals surface area contributed by atoms with Crippen molar-refractivity contribution < 1.29 is 13.2 Å². The molecule has 25 heavy (non-hydrogen) atoms. The van der Waals surface area contributed by atoms with Crippen molar-refractivity contribution in [2.24, 2.45) is 0 Å². The van der Waals surface area contributed by atoms with Crippen molar-refractivity contribution >= 4 is 32.3 Å². The van der Waals surface area contributed by atoms with Crippen LogP contribution in [0.4, 0.5) is 10.5 Å². The highest BCUT2D eigenvalue weighted by atomic mass is 32.2. The molecule has 3 rings (SSSR count). The van der Waals surface area contributed by atoms with Crippen LogP contribution in [0.25, 0.3) is 10.8 Å². The van der Waals surface area contributed by atoms with Gasteiger partial charge in [0.05, 0.1) is 17.2 Å². The lowest BCUT2D eigenvalue weighted by Crippen LogP contribution is -2.44. The molecule has 0 aromatic heterocycles. The van der Waals surface area contributed by atoms with Crippen molar-refractivity contribution in [1.82, 2.24) is 4.90 Å². The topological polar surface area (TPSA) is 66.5 Å². The fourth-order valence-corrected chi connectivity index (χ4v) is 5.05. The van der Waals surface area contributed by atoms with Gasteiger partial charge in [-0.15, -0.1) is 0 Å². The standard InChI is InChI=1S/C19H24N2O3S/c1-2-3-12-21(16-11-13-25(23,24)14-16)19(22)20-18-10-6-8-15-7-4-5-9-17(15)18/h4-10,16H,2-3,11-14H2,1H3,(H,20,22)/t16-/m1/s1. The average Bonchev–Trinajstić information content (AvgIpc) is 2.95. The van der Waals surface area contributed by atoms with E-state index in [1.165, 1.54) is 0 Å². The fraction of sp³-hybridized carbons (Fsp3) is 0.421. The molecule has 0 unspecified atom stereocenters. The van der Waals surface area contributed by atoms with Crippen molar-refractivity contribution in [3.8, 4) is 0 Å². The summed E-state index contributed by atoms with van der Waals surface area (Å²) in [5, 5.41) is 5.03. The maximum Gasteiger partial charge on any atom is 0.322 e. The van der Waals surface area contributed by atoms with Crippen LogP contribution in [0.2, 0.25) is 0 Å². The summed E-state index contributed by atoms with van der Waals surface area (Å²) in [7, 11) is -3.03. The third-order valence-electron chi connectivity index (χ3n) is 4.69. The highest BCUT2D eigenvalue weighted by Gasteiger charge is 2.34. The molecular weight excluding hydrogens is 336 g/mol. The predicted molar refractivity (Wildman–Crippen MR) is 102 cm³/mol. The normalized spacial score (nSPS) is 19.0. The van der Waals surface area contributed by atoms with E-state index in [2.05, 4.69) is 12.2 Å². The third-order valence-corrected chi connectivity index (χ3v) is 6.44. The number of hydrogen-bond acceptors (Lipinski definition) is 3. The Morgan fingerprint density at radius 3 is 2.68 bits per heavy atom. The highest BCUT2D eigenvalue weighted by molar-refractivity contribution is 7.91. The van der Waals surface area contributed by atoms with Crippen LogP contribution < -0.4 is 5.32 Å². The molecule has 0 spiro atoms. The van der Waals surface area contributed by atoms with Gasteiger partial charge in [0.1, 0.15) is 0 Å². The minimum atomic E-state index is -3.03. The number of unbranched alkanes of at least 4 members (excludes halogenated alkanes) is 1. The van der Waals surface area contributed by atoms with E-state index in [1.54, 1.807) is 4.90 Å². The second kappa shape index (κ2) is 7.44. The molecule has 1 fully saturated rings. The zero-order chi connectivity index (χ0) is 17.9. The van der Waals surface area contributed by atoms with Gasteiger partial charge in [-0.2, -0.15) is 0 Å². The molecule has 1 saturated heterocycles. The molecule has 1 aliphatic heterocycles. The van der Waals surface area contributed by atoms with E-state index < -0.39 is 9.84 Å². The molecule has 1 N–H and O–H groups in total. The van der Waals surface area contributed by atoms with Crippen molar-refractivity contribution in [3.63, 3.8) is 0 Å². The Kier molecular flexibility index (Phi) is 5.27. The van der Waals surface area contributed by atoms with Gasteiger partial charge in [-0.3, -0.25) is 0 Å². The summed E-state index contributed by atoms with van der Waals surface area (Å²) >= 11 is 0. The first-order valence-corrected chi connectivity index (χ1v) is 10.6. The van der Waals surface area contributed by atoms with Crippen LogP contribution in [-0.2, 0) is 9.84 Å². The lowest BCUT2D eigenvalue weighted by molar-refractivity contribution is 0.192. The highest BCUT2D eigenvalue weighted by Crippen LogP contribution is 2.25. The molecule has 134 valence electrons. The number of anilines is 1. The quantitative estimate of drug-likeness (QED) is 0.885. The number of fused-ring (bicyclic) bond motifs is 1. The van der Waals surface area contributed by atoms with E-state index >= 15 is 0 Å². The fourth-order valence-electron chi connectivity index (χ4n) is 3.32. The molecule has 6 heteroatoms. The van der Waals surface area contributed by atoms with Gasteiger partial charge in [0, 0.05) is 18.0 Å². The smallest absolute Gasteiger partial charge is 0.320 e. The Balaban J connectivity index is 1.82. The van der Waals surface area contributed by atoms with Gasteiger partial charge in [-0.05, 0) is 24.3 Å². The van der Waals surface area contributed by atoms with Gasteiger partial charge in [-0.1, -0.05) is 49.7 Å². The summed E-state index contributed by atoms with van der Waals surface area (Å²) in [6.07, 6.45) is 2.34. The molecule has 0 radical (unpaired) electrons. The van der Waals surface area contributed by atoms with Crippen molar-refractivity contribution in [1.29, 1.82) is 0 Å². The first-order chi connectivity index (χ1) is 12.0. The van der Waals surface area contributed by atoms with Gasteiger partial charge in [-0.25, -0.2) is 13.2 Å². The minimum Gasteiger partial charge on any atom is -0.320 e. The molecule has 1 atom stereocenters. The molecular formula is C19H24N2O3S. The number of carbonyl (C=O) groups is 1. The van der Waals surface area contributed by atoms with E-state index in [4.69, 9.17) is 0 Å². The first kappa shape index (κ1) is 17.7. The number of benzene rings is 2. The number of hydrogen-bond donors (Lipinski definition) is 1. The zero-order valence-electron chi connectivity index (χ0n) is 14.4. The van der Waals surface area contributed by atoms with Gasteiger partial charge >= 0.3 is 6.03 Å². The molecule has 2 aromatic carbocycles. The van der Waals surface area contributed by atoms with E-state index in [-0.39, 0.29) is 23.6 Å². The van der Waals surface area contributed by atoms with Crippen LogP contribution in [0.1, 0.15) is 26.2 Å². The molecule has 2 amide bonds. The van der Waals surface area contributed by atoms with E-state index in [1.807, 2.05) is 42.5 Å². The van der Waals surface area contributed by atoms with Crippen LogP contribution in [0.5, 0.6) is 0 Å². The Bertz CT molecular complexity index is 859. The molecule has 2 aromatic rings. The number of amides is 2. The van der Waals surface area contributed by atoms with Crippen molar-refractivity contribution in [3.05, 3.63) is 42.5 Å². The first-order valence-electron chi connectivity index (χ1n) is 8.76. The van der Waals surface area contributed by atoms with Crippen LogP contribution in [0.15, 0.2) is 42.5 Å². The monoisotopic (exact) mass is 360 g/mol. The van der Waals surface area contributed by atoms with E-state index in [0.29, 0.717) is 13.0 Å². The Morgan fingerprint density at radius 2 is 1.96 bits per heavy atom. The van der Waals surface area contributed by atoms with Crippen molar-refractivity contribution in [2.75, 3.05) is 23.4 Å². The summed E-state index contributed by atoms with van der Waals surface area (Å²) in [6, 6.07) is 13.2. The van der Waals surface area contributed by atoms with E-state index in [9.17, 15) is 13.2 Å². The van der Waals surface area contributed by atoms with Crippen LogP contribution in [0.3, 0.4) is 0 Å². The minimum absolute atomic E-state index is 0.0691. The summed E-state index contributed by atoms with van der Waals surface area (Å²) in [5.74, 6) is 0.238. The molecule has 5 nitrogen and oxygen atoms in total. The molecule has 1 aliphatic rings. The number of rotatable bonds is 5. The van der Waals surface area contributed by atoms with Gasteiger partial charge < -0.3 is 10.2 Å². The molecule has 0 saturated carbocycles. The van der Waals surface area contributed by atoms with Gasteiger partial charge in [0.15, 0.2) is 9.84 Å². The summed E-state index contributed by atoms with van der Waals surface area (Å²) in [6.45, 7) is 2.64. The number of nitrogens with zero attached hydrogens (tertiary/aromatic N) is 1. The maximum absolute atomic E-state index is 12.9. The van der Waals surface area contributed by atoms with Crippen LogP contribution in [0, 0.1) is 0 Å².